The molecule has 0 aliphatic heterocycles. The van der Waals surface area contributed by atoms with Gasteiger partial charge >= 0.3 is 0 Å². The molecule has 0 unspecified atom stereocenters. The lowest BCUT2D eigenvalue weighted by Crippen LogP contribution is -2.37. The highest BCUT2D eigenvalue weighted by Gasteiger charge is 2.25. The quantitative estimate of drug-likeness (QED) is 0.137. The van der Waals surface area contributed by atoms with Gasteiger partial charge in [-0.25, -0.2) is 4.98 Å². The number of hydrogen-bond acceptors (Lipinski definition) is 3. The standard InChI is InChI=1S/C55H44N4Si/c1-60(2,3)47-30-32-50(57-38-47)44-34-43(39-18-7-4-8-19-39)35-46(36-44)58(51-27-17-25-40-20-13-14-26-48(40)51)45-29-31-49-52(37-45)59(53-28-15-16-33-56-53)55(42-23-11-6-12-24-42)54(49)41-21-9-5-10-22-41/h4-38H,1-3H3. The van der Waals surface area contributed by atoms with Crippen LogP contribution >= 0.6 is 0 Å². The Hall–Kier alpha value is -7.34. The van der Waals surface area contributed by atoms with Crippen molar-refractivity contribution in [1.82, 2.24) is 14.5 Å². The highest BCUT2D eigenvalue weighted by Crippen LogP contribution is 2.47. The normalized spacial score (nSPS) is 11.6. The van der Waals surface area contributed by atoms with Crippen LogP contribution in [-0.4, -0.2) is 22.6 Å². The van der Waals surface area contributed by atoms with Crippen molar-refractivity contribution in [3.05, 3.63) is 213 Å². The summed E-state index contributed by atoms with van der Waals surface area (Å²) in [6.07, 6.45) is 3.97. The Balaban J connectivity index is 1.28. The highest BCUT2D eigenvalue weighted by molar-refractivity contribution is 6.88. The summed E-state index contributed by atoms with van der Waals surface area (Å²) in [7, 11) is -1.54. The minimum absolute atomic E-state index is 0.860. The number of benzene rings is 7. The van der Waals surface area contributed by atoms with Crippen LogP contribution in [0.4, 0.5) is 17.1 Å². The Morgan fingerprint density at radius 3 is 1.83 bits per heavy atom. The number of hydrogen-bond donors (Lipinski definition) is 0. The third kappa shape index (κ3) is 6.89. The highest BCUT2D eigenvalue weighted by atomic mass is 28.3. The third-order valence-corrected chi connectivity index (χ3v) is 13.4. The molecule has 10 rings (SSSR count). The van der Waals surface area contributed by atoms with Gasteiger partial charge in [-0.05, 0) is 87.4 Å². The summed E-state index contributed by atoms with van der Waals surface area (Å²) < 4.78 is 2.34. The van der Waals surface area contributed by atoms with Crippen molar-refractivity contribution in [2.75, 3.05) is 4.90 Å². The van der Waals surface area contributed by atoms with Crippen LogP contribution in [0.1, 0.15) is 0 Å². The van der Waals surface area contributed by atoms with E-state index in [4.69, 9.17) is 9.97 Å². The van der Waals surface area contributed by atoms with E-state index in [1.807, 2.05) is 12.3 Å². The fourth-order valence-electron chi connectivity index (χ4n) is 8.43. The lowest BCUT2D eigenvalue weighted by molar-refractivity contribution is 1.05. The number of rotatable bonds is 9. The van der Waals surface area contributed by atoms with Crippen LogP contribution in [0.2, 0.25) is 19.6 Å². The van der Waals surface area contributed by atoms with Gasteiger partial charge in [0, 0.05) is 45.7 Å². The first kappa shape index (κ1) is 37.0. The van der Waals surface area contributed by atoms with E-state index in [9.17, 15) is 0 Å². The summed E-state index contributed by atoms with van der Waals surface area (Å²) in [5.74, 6) is 0.860. The van der Waals surface area contributed by atoms with E-state index >= 15 is 0 Å². The van der Waals surface area contributed by atoms with Gasteiger partial charge < -0.3 is 4.90 Å². The van der Waals surface area contributed by atoms with Crippen LogP contribution < -0.4 is 10.1 Å². The number of pyridine rings is 2. The molecule has 0 saturated carbocycles. The second-order valence-electron chi connectivity index (χ2n) is 16.3. The van der Waals surface area contributed by atoms with E-state index in [0.29, 0.717) is 0 Å². The molecule has 0 saturated heterocycles. The summed E-state index contributed by atoms with van der Waals surface area (Å²) in [6.45, 7) is 7.10. The van der Waals surface area contributed by atoms with Crippen LogP contribution in [0.5, 0.6) is 0 Å². The molecule has 60 heavy (non-hydrogen) atoms. The minimum Gasteiger partial charge on any atom is -0.310 e. The Labute approximate surface area is 352 Å². The average Bonchev–Trinajstić information content (AvgIpc) is 3.65. The Morgan fingerprint density at radius 1 is 0.467 bits per heavy atom. The van der Waals surface area contributed by atoms with Gasteiger partial charge in [0.2, 0.25) is 0 Å². The van der Waals surface area contributed by atoms with E-state index in [0.717, 1.165) is 73.0 Å². The van der Waals surface area contributed by atoms with E-state index in [2.05, 4.69) is 229 Å². The van der Waals surface area contributed by atoms with Gasteiger partial charge in [-0.2, -0.15) is 0 Å². The second kappa shape index (κ2) is 15.4. The maximum Gasteiger partial charge on any atom is 0.137 e. The molecule has 0 N–H and O–H groups in total. The molecular formula is C55H44N4Si. The first-order valence-electron chi connectivity index (χ1n) is 20.6. The largest absolute Gasteiger partial charge is 0.310 e. The zero-order valence-electron chi connectivity index (χ0n) is 34.0. The number of aromatic nitrogens is 3. The van der Waals surface area contributed by atoms with Gasteiger partial charge in [-0.15, -0.1) is 0 Å². The van der Waals surface area contributed by atoms with Crippen molar-refractivity contribution in [3.63, 3.8) is 0 Å². The molecule has 0 aliphatic rings. The molecule has 3 heterocycles. The molecule has 0 amide bonds. The SMILES string of the molecule is C[Si](C)(C)c1ccc(-c2cc(-c3ccccc3)cc(N(c3ccc4c(-c5ccccc5)c(-c5ccccc5)n(-c5ccccn5)c4c3)c3cccc4ccccc34)c2)nc1. The summed E-state index contributed by atoms with van der Waals surface area (Å²) >= 11 is 0. The first-order chi connectivity index (χ1) is 29.4. The molecule has 288 valence electrons. The molecule has 5 heteroatoms. The van der Waals surface area contributed by atoms with E-state index in [1.54, 1.807) is 0 Å². The van der Waals surface area contributed by atoms with Crippen LogP contribution in [0, 0.1) is 0 Å². The Bertz CT molecular complexity index is 3090. The molecule has 4 nitrogen and oxygen atoms in total. The molecule has 0 radical (unpaired) electrons. The maximum atomic E-state index is 5.11. The molecule has 0 aliphatic carbocycles. The lowest BCUT2D eigenvalue weighted by Gasteiger charge is -2.28. The third-order valence-electron chi connectivity index (χ3n) is 11.4. The molecule has 0 bridgehead atoms. The van der Waals surface area contributed by atoms with Gasteiger partial charge in [0.15, 0.2) is 0 Å². The number of fused-ring (bicyclic) bond motifs is 2. The van der Waals surface area contributed by atoms with Crippen LogP contribution in [0.3, 0.4) is 0 Å². The first-order valence-corrected chi connectivity index (χ1v) is 24.1. The van der Waals surface area contributed by atoms with Gasteiger partial charge in [0.25, 0.3) is 0 Å². The fraction of sp³-hybridized carbons (Fsp3) is 0.0545. The smallest absolute Gasteiger partial charge is 0.137 e. The summed E-state index contributed by atoms with van der Waals surface area (Å²) in [5, 5.41) is 4.84. The Morgan fingerprint density at radius 2 is 1.13 bits per heavy atom. The summed E-state index contributed by atoms with van der Waals surface area (Å²) in [5.41, 5.74) is 13.1. The molecule has 3 aromatic heterocycles. The van der Waals surface area contributed by atoms with Crippen LogP contribution in [0.25, 0.3) is 72.3 Å². The van der Waals surface area contributed by atoms with Crippen molar-refractivity contribution in [3.8, 4) is 50.6 Å². The van der Waals surface area contributed by atoms with Crippen LogP contribution in [0.15, 0.2) is 213 Å². The van der Waals surface area contributed by atoms with Gasteiger partial charge in [-0.3, -0.25) is 9.55 Å². The lowest BCUT2D eigenvalue weighted by atomic mass is 9.97. The van der Waals surface area contributed by atoms with Gasteiger partial charge in [-0.1, -0.05) is 165 Å². The zero-order valence-corrected chi connectivity index (χ0v) is 35.0. The average molecular weight is 789 g/mol. The zero-order chi connectivity index (χ0) is 40.6. The fourth-order valence-corrected chi connectivity index (χ4v) is 9.47. The number of anilines is 3. The second-order valence-corrected chi connectivity index (χ2v) is 21.4. The van der Waals surface area contributed by atoms with Crippen LogP contribution in [-0.2, 0) is 0 Å². The van der Waals surface area contributed by atoms with Crippen molar-refractivity contribution in [1.29, 1.82) is 0 Å². The predicted octanol–water partition coefficient (Wildman–Crippen LogP) is 14.3. The monoisotopic (exact) mass is 788 g/mol. The summed E-state index contributed by atoms with van der Waals surface area (Å²) in [4.78, 5) is 12.5. The summed E-state index contributed by atoms with van der Waals surface area (Å²) in [6, 6.07) is 71.9. The van der Waals surface area contributed by atoms with Gasteiger partial charge in [0.1, 0.15) is 5.82 Å². The van der Waals surface area contributed by atoms with Crippen molar-refractivity contribution >= 4 is 52.0 Å². The molecule has 0 spiro atoms. The van der Waals surface area contributed by atoms with E-state index in [-0.39, 0.29) is 0 Å². The predicted molar refractivity (Wildman–Crippen MR) is 256 cm³/mol. The molecule has 7 aromatic carbocycles. The topological polar surface area (TPSA) is 34.0 Å². The minimum atomic E-state index is -1.54. The van der Waals surface area contributed by atoms with Crippen molar-refractivity contribution < 1.29 is 0 Å². The van der Waals surface area contributed by atoms with E-state index in [1.165, 1.54) is 21.5 Å². The molecule has 10 aromatic rings. The van der Waals surface area contributed by atoms with Crippen molar-refractivity contribution in [2.24, 2.45) is 0 Å². The molecule has 0 atom stereocenters. The Kier molecular flexibility index (Phi) is 9.51. The molecular weight excluding hydrogens is 745 g/mol. The van der Waals surface area contributed by atoms with Gasteiger partial charge in [0.05, 0.1) is 30.7 Å². The van der Waals surface area contributed by atoms with E-state index < -0.39 is 8.07 Å². The maximum absolute atomic E-state index is 5.11. The molecule has 0 fully saturated rings. The van der Waals surface area contributed by atoms with Crippen molar-refractivity contribution in [2.45, 2.75) is 19.6 Å². The number of nitrogens with zero attached hydrogens (tertiary/aromatic N) is 4.